The summed E-state index contributed by atoms with van der Waals surface area (Å²) in [7, 11) is 0. The van der Waals surface area contributed by atoms with Crippen LogP contribution < -0.4 is 10.6 Å². The molecule has 1 atom stereocenters. The molecule has 0 spiro atoms. The molecule has 1 saturated heterocycles. The van der Waals surface area contributed by atoms with Crippen molar-refractivity contribution in [3.63, 3.8) is 0 Å². The summed E-state index contributed by atoms with van der Waals surface area (Å²) in [5, 5.41) is 5.87. The minimum absolute atomic E-state index is 0.0105. The van der Waals surface area contributed by atoms with Crippen molar-refractivity contribution in [1.29, 1.82) is 0 Å². The van der Waals surface area contributed by atoms with Crippen molar-refractivity contribution in [3.05, 3.63) is 36.3 Å². The lowest BCUT2D eigenvalue weighted by Gasteiger charge is -2.38. The van der Waals surface area contributed by atoms with Crippen LogP contribution in [-0.2, 0) is 16.0 Å². The average Bonchev–Trinajstić information content (AvgIpc) is 3.32. The van der Waals surface area contributed by atoms with Gasteiger partial charge in [0.2, 0.25) is 11.8 Å². The van der Waals surface area contributed by atoms with E-state index < -0.39 is 0 Å². The van der Waals surface area contributed by atoms with E-state index >= 15 is 0 Å². The van der Waals surface area contributed by atoms with Crippen LogP contribution in [0.3, 0.4) is 0 Å². The Morgan fingerprint density at radius 3 is 2.96 bits per heavy atom. The predicted molar refractivity (Wildman–Crippen MR) is 102 cm³/mol. The predicted octanol–water partition coefficient (Wildman–Crippen LogP) is 1.13. The topological polar surface area (TPSA) is 78.7 Å². The van der Waals surface area contributed by atoms with Gasteiger partial charge in [0.25, 0.3) is 0 Å². The maximum Gasteiger partial charge on any atom is 0.237 e. The van der Waals surface area contributed by atoms with Crippen molar-refractivity contribution in [2.75, 3.05) is 19.6 Å². The number of rotatable bonds is 6. The van der Waals surface area contributed by atoms with Gasteiger partial charge in [0.15, 0.2) is 0 Å². The quantitative estimate of drug-likeness (QED) is 0.800. The molecule has 4 rings (SSSR count). The lowest BCUT2D eigenvalue weighted by atomic mass is 10.0. The number of aromatic nitrogens is 2. The van der Waals surface area contributed by atoms with Gasteiger partial charge in [0.1, 0.15) is 5.65 Å². The minimum Gasteiger partial charge on any atom is -0.356 e. The summed E-state index contributed by atoms with van der Waals surface area (Å²) < 4.78 is 1.98. The second-order valence-electron chi connectivity index (χ2n) is 7.49. The first-order valence-corrected chi connectivity index (χ1v) is 9.93. The number of imidazole rings is 1. The summed E-state index contributed by atoms with van der Waals surface area (Å²) in [6, 6.07) is 6.00. The van der Waals surface area contributed by atoms with Crippen molar-refractivity contribution in [2.45, 2.75) is 50.6 Å². The van der Waals surface area contributed by atoms with Crippen molar-refractivity contribution in [1.82, 2.24) is 24.9 Å². The van der Waals surface area contributed by atoms with Crippen LogP contribution in [0.4, 0.5) is 0 Å². The van der Waals surface area contributed by atoms with E-state index in [1.54, 1.807) is 0 Å². The second kappa shape index (κ2) is 8.08. The van der Waals surface area contributed by atoms with Crippen LogP contribution in [0.15, 0.2) is 30.6 Å². The molecule has 27 heavy (non-hydrogen) atoms. The van der Waals surface area contributed by atoms with Gasteiger partial charge in [0.05, 0.1) is 18.2 Å². The third-order valence-corrected chi connectivity index (χ3v) is 5.66. The maximum absolute atomic E-state index is 12.4. The van der Waals surface area contributed by atoms with E-state index in [-0.39, 0.29) is 24.3 Å². The Kier molecular flexibility index (Phi) is 5.38. The molecule has 2 aromatic rings. The van der Waals surface area contributed by atoms with Gasteiger partial charge >= 0.3 is 0 Å². The Morgan fingerprint density at radius 2 is 2.15 bits per heavy atom. The third kappa shape index (κ3) is 4.13. The maximum atomic E-state index is 12.4. The number of hydrogen-bond donors (Lipinski definition) is 2. The molecule has 1 aliphatic carbocycles. The van der Waals surface area contributed by atoms with E-state index in [9.17, 15) is 9.59 Å². The second-order valence-corrected chi connectivity index (χ2v) is 7.49. The number of pyridine rings is 1. The standard InChI is InChI=1S/C20H27N5O2/c26-19(21-9-8-15-14-24-11-4-3-7-18(24)23-15)13-17-20(27)22-10-12-25(17)16-5-1-2-6-16/h3-4,7,11,14,16-17H,1-2,5-6,8-10,12-13H2,(H,21,26)(H,22,27). The fraction of sp³-hybridized carbons (Fsp3) is 0.550. The molecule has 0 radical (unpaired) electrons. The van der Waals surface area contributed by atoms with Gasteiger partial charge in [-0.3, -0.25) is 14.5 Å². The first-order valence-electron chi connectivity index (χ1n) is 9.93. The number of nitrogens with zero attached hydrogens (tertiary/aromatic N) is 3. The van der Waals surface area contributed by atoms with Gasteiger partial charge in [-0.1, -0.05) is 18.9 Å². The molecule has 1 saturated carbocycles. The van der Waals surface area contributed by atoms with Crippen LogP contribution >= 0.6 is 0 Å². The number of fused-ring (bicyclic) bond motifs is 1. The normalized spacial score (nSPS) is 21.5. The summed E-state index contributed by atoms with van der Waals surface area (Å²) in [6.07, 6.45) is 9.58. The largest absolute Gasteiger partial charge is 0.356 e. The molecule has 2 N–H and O–H groups in total. The molecular weight excluding hydrogens is 342 g/mol. The zero-order valence-corrected chi connectivity index (χ0v) is 15.6. The first-order chi connectivity index (χ1) is 13.2. The number of piperazine rings is 1. The van der Waals surface area contributed by atoms with Gasteiger partial charge in [-0.15, -0.1) is 0 Å². The van der Waals surface area contributed by atoms with Crippen LogP contribution in [0.5, 0.6) is 0 Å². The Labute approximate surface area is 159 Å². The smallest absolute Gasteiger partial charge is 0.237 e. The van der Waals surface area contributed by atoms with Gasteiger partial charge in [-0.25, -0.2) is 4.98 Å². The molecule has 0 bridgehead atoms. The zero-order chi connectivity index (χ0) is 18.6. The molecule has 0 aromatic carbocycles. The lowest BCUT2D eigenvalue weighted by Crippen LogP contribution is -2.59. The van der Waals surface area contributed by atoms with Crippen molar-refractivity contribution >= 4 is 17.5 Å². The first kappa shape index (κ1) is 18.0. The van der Waals surface area contributed by atoms with Gasteiger partial charge in [-0.2, -0.15) is 0 Å². The average molecular weight is 369 g/mol. The van der Waals surface area contributed by atoms with Crippen LogP contribution in [0, 0.1) is 0 Å². The van der Waals surface area contributed by atoms with Crippen molar-refractivity contribution < 1.29 is 9.59 Å². The molecule has 2 aromatic heterocycles. The molecule has 2 aliphatic rings. The summed E-state index contributed by atoms with van der Waals surface area (Å²) >= 11 is 0. The number of nitrogens with one attached hydrogen (secondary N) is 2. The number of carbonyl (C=O) groups is 2. The highest BCUT2D eigenvalue weighted by molar-refractivity contribution is 5.88. The third-order valence-electron chi connectivity index (χ3n) is 5.66. The summed E-state index contributed by atoms with van der Waals surface area (Å²) in [4.78, 5) is 31.6. The van der Waals surface area contributed by atoms with Gasteiger partial charge < -0.3 is 15.0 Å². The molecule has 1 aliphatic heterocycles. The molecule has 7 heteroatoms. The molecule has 7 nitrogen and oxygen atoms in total. The van der Waals surface area contributed by atoms with E-state index in [1.165, 1.54) is 12.8 Å². The highest BCUT2D eigenvalue weighted by atomic mass is 16.2. The molecular formula is C20H27N5O2. The van der Waals surface area contributed by atoms with Crippen LogP contribution in [-0.4, -0.2) is 57.8 Å². The summed E-state index contributed by atoms with van der Waals surface area (Å²) in [5.74, 6) is -0.0764. The van der Waals surface area contributed by atoms with E-state index in [0.29, 0.717) is 25.6 Å². The molecule has 2 amide bonds. The summed E-state index contributed by atoms with van der Waals surface area (Å²) in [5.41, 5.74) is 1.86. The van der Waals surface area contributed by atoms with Crippen LogP contribution in [0.1, 0.15) is 37.8 Å². The Morgan fingerprint density at radius 1 is 1.30 bits per heavy atom. The van der Waals surface area contributed by atoms with E-state index in [0.717, 1.165) is 30.7 Å². The van der Waals surface area contributed by atoms with Crippen molar-refractivity contribution in [2.24, 2.45) is 0 Å². The molecule has 2 fully saturated rings. The fourth-order valence-corrected chi connectivity index (χ4v) is 4.30. The van der Waals surface area contributed by atoms with E-state index in [2.05, 4.69) is 20.5 Å². The Balaban J connectivity index is 1.30. The lowest BCUT2D eigenvalue weighted by molar-refractivity contribution is -0.135. The summed E-state index contributed by atoms with van der Waals surface area (Å²) in [6.45, 7) is 2.05. The number of carbonyl (C=O) groups excluding carboxylic acids is 2. The molecule has 3 heterocycles. The highest BCUT2D eigenvalue weighted by Gasteiger charge is 2.36. The van der Waals surface area contributed by atoms with E-state index in [1.807, 2.05) is 35.0 Å². The zero-order valence-electron chi connectivity index (χ0n) is 15.6. The minimum atomic E-state index is -0.336. The SMILES string of the molecule is O=C(CC1C(=O)NCCN1C1CCCC1)NCCc1cn2ccccc2n1. The highest BCUT2D eigenvalue weighted by Crippen LogP contribution is 2.26. The number of amides is 2. The van der Waals surface area contributed by atoms with Crippen LogP contribution in [0.25, 0.3) is 5.65 Å². The Bertz CT molecular complexity index is 779. The van der Waals surface area contributed by atoms with Gasteiger partial charge in [0, 0.05) is 44.5 Å². The monoisotopic (exact) mass is 369 g/mol. The van der Waals surface area contributed by atoms with Crippen LogP contribution in [0.2, 0.25) is 0 Å². The molecule has 1 unspecified atom stereocenters. The van der Waals surface area contributed by atoms with Gasteiger partial charge in [-0.05, 0) is 25.0 Å². The van der Waals surface area contributed by atoms with E-state index in [4.69, 9.17) is 0 Å². The number of hydrogen-bond acceptors (Lipinski definition) is 4. The molecule has 144 valence electrons. The Hall–Kier alpha value is -2.41. The van der Waals surface area contributed by atoms with Crippen molar-refractivity contribution in [3.8, 4) is 0 Å². The fourth-order valence-electron chi connectivity index (χ4n) is 4.30.